The third-order valence-corrected chi connectivity index (χ3v) is 4.57. The summed E-state index contributed by atoms with van der Waals surface area (Å²) in [4.78, 5) is 1.20. The molecule has 0 heterocycles. The van der Waals surface area contributed by atoms with Gasteiger partial charge in [-0.05, 0) is 30.7 Å². The van der Waals surface area contributed by atoms with Crippen molar-refractivity contribution in [2.75, 3.05) is 0 Å². The molecule has 2 heteroatoms. The van der Waals surface area contributed by atoms with E-state index in [1.807, 2.05) is 23.9 Å². The van der Waals surface area contributed by atoms with E-state index in [-0.39, 0.29) is 10.7 Å². The van der Waals surface area contributed by atoms with Crippen LogP contribution in [0.25, 0.3) is 0 Å². The third-order valence-electron chi connectivity index (χ3n) is 3.47. The SMILES string of the molecule is Cc1ccc(C(C)c2cc(SC(C)(C)C)ccc2O)cc1. The van der Waals surface area contributed by atoms with Crippen molar-refractivity contribution in [1.29, 1.82) is 0 Å². The lowest BCUT2D eigenvalue weighted by Crippen LogP contribution is -2.07. The predicted octanol–water partition coefficient (Wildman–Crippen LogP) is 5.74. The van der Waals surface area contributed by atoms with Crippen LogP contribution in [0.4, 0.5) is 0 Å². The van der Waals surface area contributed by atoms with Gasteiger partial charge in [0.05, 0.1) is 0 Å². The highest BCUT2D eigenvalue weighted by Crippen LogP contribution is 2.38. The van der Waals surface area contributed by atoms with Gasteiger partial charge in [-0.3, -0.25) is 0 Å². The van der Waals surface area contributed by atoms with Crippen molar-refractivity contribution in [2.45, 2.75) is 50.2 Å². The number of rotatable bonds is 3. The number of aromatic hydroxyl groups is 1. The number of phenolic OH excluding ortho intramolecular Hbond substituents is 1. The van der Waals surface area contributed by atoms with Crippen LogP contribution in [0.3, 0.4) is 0 Å². The van der Waals surface area contributed by atoms with Crippen LogP contribution in [0.1, 0.15) is 50.3 Å². The fourth-order valence-electron chi connectivity index (χ4n) is 2.33. The Morgan fingerprint density at radius 1 is 1.00 bits per heavy atom. The molecule has 0 spiro atoms. The van der Waals surface area contributed by atoms with Gasteiger partial charge in [-0.25, -0.2) is 0 Å². The maximum absolute atomic E-state index is 10.2. The molecule has 112 valence electrons. The summed E-state index contributed by atoms with van der Waals surface area (Å²) < 4.78 is 0.168. The summed E-state index contributed by atoms with van der Waals surface area (Å²) in [5, 5.41) is 10.2. The van der Waals surface area contributed by atoms with Gasteiger partial charge in [-0.1, -0.05) is 57.5 Å². The van der Waals surface area contributed by atoms with E-state index >= 15 is 0 Å². The second-order valence-corrected chi connectivity index (χ2v) is 8.47. The normalized spacial score (nSPS) is 13.2. The minimum atomic E-state index is 0.168. The van der Waals surface area contributed by atoms with Gasteiger partial charge in [0.2, 0.25) is 0 Å². The molecule has 0 saturated carbocycles. The average Bonchev–Trinajstić information content (AvgIpc) is 2.39. The molecule has 0 amide bonds. The number of benzene rings is 2. The fraction of sp³-hybridized carbons (Fsp3) is 0.368. The topological polar surface area (TPSA) is 20.2 Å². The van der Waals surface area contributed by atoms with Crippen molar-refractivity contribution < 1.29 is 5.11 Å². The lowest BCUT2D eigenvalue weighted by molar-refractivity contribution is 0.465. The Bertz CT molecular complexity index is 608. The largest absolute Gasteiger partial charge is 0.508 e. The molecule has 2 aromatic carbocycles. The molecular formula is C19H24OS. The van der Waals surface area contributed by atoms with E-state index < -0.39 is 0 Å². The van der Waals surface area contributed by atoms with Crippen LogP contribution >= 0.6 is 11.8 Å². The molecule has 0 saturated heterocycles. The number of thioether (sulfide) groups is 1. The van der Waals surface area contributed by atoms with Crippen molar-refractivity contribution in [1.82, 2.24) is 0 Å². The zero-order valence-corrected chi connectivity index (χ0v) is 14.3. The van der Waals surface area contributed by atoms with E-state index in [1.165, 1.54) is 16.0 Å². The van der Waals surface area contributed by atoms with E-state index in [0.717, 1.165) is 5.56 Å². The van der Waals surface area contributed by atoms with Crippen LogP contribution in [0.15, 0.2) is 47.4 Å². The molecule has 1 atom stereocenters. The Balaban J connectivity index is 2.33. The van der Waals surface area contributed by atoms with Crippen molar-refractivity contribution in [3.8, 4) is 5.75 Å². The van der Waals surface area contributed by atoms with E-state index in [1.54, 1.807) is 0 Å². The standard InChI is InChI=1S/C19H24OS/c1-13-6-8-15(9-7-13)14(2)17-12-16(10-11-18(17)20)21-19(3,4)5/h6-12,14,20H,1-5H3. The van der Waals surface area contributed by atoms with Crippen LogP contribution in [-0.2, 0) is 0 Å². The molecule has 0 aliphatic carbocycles. The Morgan fingerprint density at radius 2 is 1.62 bits per heavy atom. The summed E-state index contributed by atoms with van der Waals surface area (Å²) in [5.74, 6) is 0.562. The number of phenols is 1. The molecule has 0 aromatic heterocycles. The van der Waals surface area contributed by atoms with Gasteiger partial charge in [-0.2, -0.15) is 0 Å². The summed E-state index contributed by atoms with van der Waals surface area (Å²) in [7, 11) is 0. The molecule has 0 aliphatic rings. The summed E-state index contributed by atoms with van der Waals surface area (Å²) in [5.41, 5.74) is 3.48. The second-order valence-electron chi connectivity index (χ2n) is 6.57. The van der Waals surface area contributed by atoms with Crippen LogP contribution in [0, 0.1) is 6.92 Å². The van der Waals surface area contributed by atoms with Gasteiger partial charge in [0.25, 0.3) is 0 Å². The third kappa shape index (κ3) is 4.28. The monoisotopic (exact) mass is 300 g/mol. The molecule has 2 aromatic rings. The van der Waals surface area contributed by atoms with Crippen molar-refractivity contribution >= 4 is 11.8 Å². The van der Waals surface area contributed by atoms with Crippen molar-refractivity contribution in [2.24, 2.45) is 0 Å². The van der Waals surface area contributed by atoms with Gasteiger partial charge in [0.15, 0.2) is 0 Å². The first kappa shape index (κ1) is 16.0. The lowest BCUT2D eigenvalue weighted by atomic mass is 9.92. The first-order chi connectivity index (χ1) is 9.76. The van der Waals surface area contributed by atoms with E-state index in [0.29, 0.717) is 5.75 Å². The Hall–Kier alpha value is -1.41. The van der Waals surface area contributed by atoms with Gasteiger partial charge in [0.1, 0.15) is 5.75 Å². The molecule has 0 aliphatic heterocycles. The summed E-state index contributed by atoms with van der Waals surface area (Å²) in [6, 6.07) is 14.5. The summed E-state index contributed by atoms with van der Waals surface area (Å²) in [6.07, 6.45) is 0. The van der Waals surface area contributed by atoms with Crippen LogP contribution in [0.5, 0.6) is 5.75 Å². The van der Waals surface area contributed by atoms with Gasteiger partial charge in [-0.15, -0.1) is 11.8 Å². The zero-order chi connectivity index (χ0) is 15.6. The van der Waals surface area contributed by atoms with Gasteiger partial charge in [0, 0.05) is 21.1 Å². The van der Waals surface area contributed by atoms with Gasteiger partial charge < -0.3 is 5.11 Å². The van der Waals surface area contributed by atoms with Crippen LogP contribution in [-0.4, -0.2) is 9.85 Å². The van der Waals surface area contributed by atoms with Crippen molar-refractivity contribution in [3.05, 3.63) is 59.2 Å². The van der Waals surface area contributed by atoms with Crippen molar-refractivity contribution in [3.63, 3.8) is 0 Å². The lowest BCUT2D eigenvalue weighted by Gasteiger charge is -2.20. The first-order valence-corrected chi connectivity index (χ1v) is 8.16. The van der Waals surface area contributed by atoms with E-state index in [9.17, 15) is 5.11 Å². The van der Waals surface area contributed by atoms with Gasteiger partial charge >= 0.3 is 0 Å². The summed E-state index contributed by atoms with van der Waals surface area (Å²) >= 11 is 1.83. The molecule has 0 bridgehead atoms. The second kappa shape index (κ2) is 6.15. The number of aryl methyl sites for hydroxylation is 1. The highest BCUT2D eigenvalue weighted by atomic mass is 32.2. The maximum atomic E-state index is 10.2. The first-order valence-electron chi connectivity index (χ1n) is 7.35. The van der Waals surface area contributed by atoms with E-state index in [2.05, 4.69) is 65.0 Å². The Morgan fingerprint density at radius 3 is 2.19 bits per heavy atom. The number of hydrogen-bond donors (Lipinski definition) is 1. The Labute approximate surface area is 132 Å². The highest BCUT2D eigenvalue weighted by Gasteiger charge is 2.17. The smallest absolute Gasteiger partial charge is 0.119 e. The molecule has 1 N–H and O–H groups in total. The molecule has 0 radical (unpaired) electrons. The fourth-order valence-corrected chi connectivity index (χ4v) is 3.36. The molecule has 0 fully saturated rings. The average molecular weight is 300 g/mol. The molecule has 21 heavy (non-hydrogen) atoms. The quantitative estimate of drug-likeness (QED) is 0.729. The molecule has 1 nitrogen and oxygen atoms in total. The predicted molar refractivity (Wildman–Crippen MR) is 92.4 cm³/mol. The molecule has 1 unspecified atom stereocenters. The number of hydrogen-bond acceptors (Lipinski definition) is 2. The zero-order valence-electron chi connectivity index (χ0n) is 13.5. The minimum absolute atomic E-state index is 0.168. The highest BCUT2D eigenvalue weighted by molar-refractivity contribution is 8.00. The van der Waals surface area contributed by atoms with Crippen LogP contribution < -0.4 is 0 Å². The minimum Gasteiger partial charge on any atom is -0.508 e. The Kier molecular flexibility index (Phi) is 4.67. The molecular weight excluding hydrogens is 276 g/mol. The summed E-state index contributed by atoms with van der Waals surface area (Å²) in [6.45, 7) is 10.8. The van der Waals surface area contributed by atoms with Crippen LogP contribution in [0.2, 0.25) is 0 Å². The molecule has 2 rings (SSSR count). The van der Waals surface area contributed by atoms with E-state index in [4.69, 9.17) is 0 Å². The maximum Gasteiger partial charge on any atom is 0.119 e.